The predicted molar refractivity (Wildman–Crippen MR) is 67.3 cm³/mol. The van der Waals surface area contributed by atoms with Gasteiger partial charge in [-0.2, -0.15) is 0 Å². The molecule has 0 aliphatic carbocycles. The molecule has 0 N–H and O–H groups in total. The number of benzene rings is 1. The van der Waals surface area contributed by atoms with Crippen LogP contribution in [0.3, 0.4) is 0 Å². The molecule has 1 aromatic carbocycles. The summed E-state index contributed by atoms with van der Waals surface area (Å²) in [5, 5.41) is 0. The van der Waals surface area contributed by atoms with Crippen molar-refractivity contribution in [1.82, 2.24) is 13.7 Å². The lowest BCUT2D eigenvalue weighted by atomic mass is 10.2. The monoisotopic (exact) mass is 247 g/mol. The van der Waals surface area contributed by atoms with Crippen molar-refractivity contribution in [2.75, 3.05) is 0 Å². The van der Waals surface area contributed by atoms with Crippen LogP contribution in [-0.2, 0) is 14.1 Å². The lowest BCUT2D eigenvalue weighted by Gasteiger charge is -2.08. The molecule has 1 aromatic heterocycles. The second kappa shape index (κ2) is 4.14. The summed E-state index contributed by atoms with van der Waals surface area (Å²) in [4.78, 5) is 35.5. The quantitative estimate of drug-likeness (QED) is 0.685. The van der Waals surface area contributed by atoms with Gasteiger partial charge in [-0.3, -0.25) is 0 Å². The van der Waals surface area contributed by atoms with E-state index in [0.717, 1.165) is 19.3 Å². The average Bonchev–Trinajstić information content (AvgIpc) is 2.36. The van der Waals surface area contributed by atoms with Crippen LogP contribution in [0.15, 0.2) is 38.6 Å². The van der Waals surface area contributed by atoms with Crippen molar-refractivity contribution in [3.63, 3.8) is 0 Å². The van der Waals surface area contributed by atoms with Gasteiger partial charge in [0.1, 0.15) is 0 Å². The van der Waals surface area contributed by atoms with Gasteiger partial charge in [0.25, 0.3) is 0 Å². The number of rotatable bonds is 1. The predicted octanol–water partition coefficient (Wildman–Crippen LogP) is -0.457. The highest BCUT2D eigenvalue weighted by Crippen LogP contribution is 2.04. The number of aromatic nitrogens is 3. The van der Waals surface area contributed by atoms with E-state index in [2.05, 4.69) is 0 Å². The zero-order valence-electron chi connectivity index (χ0n) is 10.4. The Kier molecular flexibility index (Phi) is 2.78. The van der Waals surface area contributed by atoms with Gasteiger partial charge in [0.05, 0.1) is 5.69 Å². The van der Waals surface area contributed by atoms with Crippen LogP contribution in [0, 0.1) is 6.92 Å². The van der Waals surface area contributed by atoms with Crippen molar-refractivity contribution in [2.45, 2.75) is 6.92 Å². The number of nitrogens with zero attached hydrogens (tertiary/aromatic N) is 3. The van der Waals surface area contributed by atoms with Crippen molar-refractivity contribution in [2.24, 2.45) is 14.1 Å². The Morgan fingerprint density at radius 3 is 1.67 bits per heavy atom. The van der Waals surface area contributed by atoms with Crippen LogP contribution in [0.1, 0.15) is 5.56 Å². The van der Waals surface area contributed by atoms with E-state index < -0.39 is 17.1 Å². The van der Waals surface area contributed by atoms with Crippen molar-refractivity contribution < 1.29 is 0 Å². The van der Waals surface area contributed by atoms with E-state index in [0.29, 0.717) is 5.69 Å². The van der Waals surface area contributed by atoms with Gasteiger partial charge in [0.15, 0.2) is 0 Å². The van der Waals surface area contributed by atoms with Gasteiger partial charge >= 0.3 is 17.1 Å². The fourth-order valence-electron chi connectivity index (χ4n) is 1.69. The molecule has 94 valence electrons. The maximum Gasteiger partial charge on any atom is 0.340 e. The molecule has 2 rings (SSSR count). The molecular formula is C12H13N3O3. The Bertz CT molecular complexity index is 723. The van der Waals surface area contributed by atoms with Gasteiger partial charge < -0.3 is 0 Å². The molecule has 1 heterocycles. The minimum absolute atomic E-state index is 0.446. The van der Waals surface area contributed by atoms with Crippen LogP contribution in [0.2, 0.25) is 0 Å². The second-order valence-electron chi connectivity index (χ2n) is 4.14. The molecule has 0 amide bonds. The van der Waals surface area contributed by atoms with Crippen LogP contribution in [0.4, 0.5) is 0 Å². The van der Waals surface area contributed by atoms with Crippen LogP contribution in [0.5, 0.6) is 0 Å². The molecule has 0 fully saturated rings. The highest BCUT2D eigenvalue weighted by Gasteiger charge is 2.11. The molecule has 0 saturated carbocycles. The normalized spacial score (nSPS) is 10.6. The van der Waals surface area contributed by atoms with Gasteiger partial charge in [0.2, 0.25) is 0 Å². The van der Waals surface area contributed by atoms with Gasteiger partial charge in [-0.05, 0) is 19.1 Å². The minimum atomic E-state index is -0.646. The number of aryl methyl sites for hydroxylation is 1. The highest BCUT2D eigenvalue weighted by atomic mass is 16.2. The summed E-state index contributed by atoms with van der Waals surface area (Å²) in [6.07, 6.45) is 0. The molecular weight excluding hydrogens is 234 g/mol. The number of hydrogen-bond donors (Lipinski definition) is 0. The molecule has 0 radical (unpaired) electrons. The Labute approximate surface area is 102 Å². The Hall–Kier alpha value is -2.37. The molecule has 0 aliphatic rings. The maximum absolute atomic E-state index is 12.0. The molecule has 6 heteroatoms. The highest BCUT2D eigenvalue weighted by molar-refractivity contribution is 5.33. The summed E-state index contributed by atoms with van der Waals surface area (Å²) >= 11 is 0. The summed E-state index contributed by atoms with van der Waals surface area (Å²) in [5.41, 5.74) is -0.456. The number of hydrogen-bond acceptors (Lipinski definition) is 3. The summed E-state index contributed by atoms with van der Waals surface area (Å²) < 4.78 is 2.78. The molecule has 2 aromatic rings. The Balaban J connectivity index is 2.89. The molecule has 18 heavy (non-hydrogen) atoms. The standard InChI is InChI=1S/C12H13N3O3/c1-8-4-6-9(7-5-8)15-11(17)13(2)10(16)14(3)12(15)18/h4-7H,1-3H3. The molecule has 6 nitrogen and oxygen atoms in total. The van der Waals surface area contributed by atoms with E-state index in [1.165, 1.54) is 14.1 Å². The van der Waals surface area contributed by atoms with Crippen molar-refractivity contribution in [1.29, 1.82) is 0 Å². The van der Waals surface area contributed by atoms with E-state index in [1.807, 2.05) is 6.92 Å². The third-order valence-corrected chi connectivity index (χ3v) is 2.82. The van der Waals surface area contributed by atoms with Crippen LogP contribution < -0.4 is 17.1 Å². The van der Waals surface area contributed by atoms with E-state index in [9.17, 15) is 14.4 Å². The average molecular weight is 247 g/mol. The maximum atomic E-state index is 12.0. The first-order valence-corrected chi connectivity index (χ1v) is 5.39. The van der Waals surface area contributed by atoms with Gasteiger partial charge in [-0.15, -0.1) is 0 Å². The van der Waals surface area contributed by atoms with Crippen LogP contribution in [0.25, 0.3) is 5.69 Å². The fourth-order valence-corrected chi connectivity index (χ4v) is 1.69. The smallest absolute Gasteiger partial charge is 0.248 e. The molecule has 0 unspecified atom stereocenters. The molecule has 0 aliphatic heterocycles. The SMILES string of the molecule is Cc1ccc(-n2c(=O)n(C)c(=O)n(C)c2=O)cc1. The first-order valence-electron chi connectivity index (χ1n) is 5.39. The van der Waals surface area contributed by atoms with Gasteiger partial charge in [-0.1, -0.05) is 17.7 Å². The molecule has 0 spiro atoms. The minimum Gasteiger partial charge on any atom is -0.248 e. The van der Waals surface area contributed by atoms with E-state index in [4.69, 9.17) is 0 Å². The lowest BCUT2D eigenvalue weighted by molar-refractivity contribution is 0.581. The zero-order chi connectivity index (χ0) is 13.4. The van der Waals surface area contributed by atoms with Crippen LogP contribution in [-0.4, -0.2) is 13.7 Å². The Morgan fingerprint density at radius 1 is 0.778 bits per heavy atom. The van der Waals surface area contributed by atoms with Crippen molar-refractivity contribution >= 4 is 0 Å². The molecule has 0 atom stereocenters. The van der Waals surface area contributed by atoms with E-state index in [1.54, 1.807) is 24.3 Å². The third-order valence-electron chi connectivity index (χ3n) is 2.82. The van der Waals surface area contributed by atoms with Crippen LogP contribution >= 0.6 is 0 Å². The summed E-state index contributed by atoms with van der Waals surface area (Å²) in [6.45, 7) is 1.91. The second-order valence-corrected chi connectivity index (χ2v) is 4.14. The summed E-state index contributed by atoms with van der Waals surface area (Å²) in [7, 11) is 2.68. The van der Waals surface area contributed by atoms with Crippen molar-refractivity contribution in [3.05, 3.63) is 61.3 Å². The van der Waals surface area contributed by atoms with Crippen molar-refractivity contribution in [3.8, 4) is 5.69 Å². The molecule has 0 saturated heterocycles. The first-order chi connectivity index (χ1) is 8.43. The lowest BCUT2D eigenvalue weighted by Crippen LogP contribution is -2.52. The van der Waals surface area contributed by atoms with Gasteiger partial charge in [0, 0.05) is 14.1 Å². The molecule has 0 bridgehead atoms. The largest absolute Gasteiger partial charge is 0.340 e. The summed E-state index contributed by atoms with van der Waals surface area (Å²) in [5.74, 6) is 0. The van der Waals surface area contributed by atoms with E-state index >= 15 is 0 Å². The Morgan fingerprint density at radius 2 is 1.22 bits per heavy atom. The topological polar surface area (TPSA) is 66.0 Å². The summed E-state index contributed by atoms with van der Waals surface area (Å²) in [6, 6.07) is 6.93. The third kappa shape index (κ3) is 1.71. The fraction of sp³-hybridized carbons (Fsp3) is 0.250. The van der Waals surface area contributed by atoms with Gasteiger partial charge in [-0.25, -0.2) is 28.1 Å². The van der Waals surface area contributed by atoms with E-state index in [-0.39, 0.29) is 0 Å². The zero-order valence-corrected chi connectivity index (χ0v) is 10.4. The first kappa shape index (κ1) is 12.1.